The van der Waals surface area contributed by atoms with E-state index in [0.717, 1.165) is 6.54 Å². The van der Waals surface area contributed by atoms with Gasteiger partial charge in [0.25, 0.3) is 0 Å². The molecule has 1 amide bonds. The molecular formula is C6H12N2O3. The van der Waals surface area contributed by atoms with Gasteiger partial charge in [0.2, 0.25) is 0 Å². The number of hydrogen-bond donors (Lipinski definition) is 2. The van der Waals surface area contributed by atoms with Crippen molar-refractivity contribution >= 4 is 6.09 Å². The summed E-state index contributed by atoms with van der Waals surface area (Å²) in [7, 11) is 0. The van der Waals surface area contributed by atoms with E-state index in [2.05, 4.69) is 10.1 Å². The molecule has 1 atom stereocenters. The predicted octanol–water partition coefficient (Wildman–Crippen LogP) is -0.930. The molecule has 1 fully saturated rings. The summed E-state index contributed by atoms with van der Waals surface area (Å²) in [6.07, 6.45) is -0.739. The molecule has 0 bridgehead atoms. The Morgan fingerprint density at radius 3 is 3.18 bits per heavy atom. The molecule has 0 aliphatic carbocycles. The molecule has 1 heterocycles. The Balaban J connectivity index is 2.09. The van der Waals surface area contributed by atoms with Crippen LogP contribution < -0.4 is 11.1 Å². The molecule has 0 spiro atoms. The fraction of sp³-hybridized carbons (Fsp3) is 0.833. The van der Waals surface area contributed by atoms with E-state index in [0.29, 0.717) is 13.2 Å². The highest BCUT2D eigenvalue weighted by Gasteiger charge is 2.13. The van der Waals surface area contributed by atoms with Gasteiger partial charge in [-0.05, 0) is 0 Å². The molecule has 0 aromatic heterocycles. The maximum absolute atomic E-state index is 10.2. The fourth-order valence-electron chi connectivity index (χ4n) is 0.909. The van der Waals surface area contributed by atoms with Crippen LogP contribution in [0.2, 0.25) is 0 Å². The number of ether oxygens (including phenoxy) is 2. The van der Waals surface area contributed by atoms with Crippen LogP contribution in [0.3, 0.4) is 0 Å². The van der Waals surface area contributed by atoms with Gasteiger partial charge in [-0.1, -0.05) is 0 Å². The molecule has 1 aliphatic heterocycles. The van der Waals surface area contributed by atoms with Crippen LogP contribution in [0, 0.1) is 0 Å². The molecule has 0 aromatic carbocycles. The quantitative estimate of drug-likeness (QED) is 0.547. The van der Waals surface area contributed by atoms with Crippen molar-refractivity contribution in [3.63, 3.8) is 0 Å². The molecule has 1 saturated heterocycles. The van der Waals surface area contributed by atoms with Crippen molar-refractivity contribution < 1.29 is 14.3 Å². The van der Waals surface area contributed by atoms with Crippen LogP contribution >= 0.6 is 0 Å². The molecule has 1 rings (SSSR count). The van der Waals surface area contributed by atoms with Crippen LogP contribution in [-0.4, -0.2) is 38.5 Å². The van der Waals surface area contributed by atoms with Crippen molar-refractivity contribution in [3.8, 4) is 0 Å². The lowest BCUT2D eigenvalue weighted by molar-refractivity contribution is 0.0486. The summed E-state index contributed by atoms with van der Waals surface area (Å²) in [5, 5.41) is 3.12. The molecular weight excluding hydrogens is 148 g/mol. The van der Waals surface area contributed by atoms with Gasteiger partial charge in [0.15, 0.2) is 0 Å². The Labute approximate surface area is 64.8 Å². The SMILES string of the molecule is NC(=O)OC[C@@H]1COCCN1. The van der Waals surface area contributed by atoms with E-state index in [1.807, 2.05) is 0 Å². The smallest absolute Gasteiger partial charge is 0.404 e. The number of morpholine rings is 1. The van der Waals surface area contributed by atoms with Gasteiger partial charge in [-0.3, -0.25) is 0 Å². The van der Waals surface area contributed by atoms with E-state index in [4.69, 9.17) is 10.5 Å². The molecule has 5 nitrogen and oxygen atoms in total. The van der Waals surface area contributed by atoms with Crippen molar-refractivity contribution in [2.24, 2.45) is 5.73 Å². The van der Waals surface area contributed by atoms with Crippen molar-refractivity contribution in [1.29, 1.82) is 0 Å². The first-order chi connectivity index (χ1) is 5.29. The highest BCUT2D eigenvalue weighted by molar-refractivity contribution is 5.64. The number of primary amides is 1. The molecule has 64 valence electrons. The van der Waals surface area contributed by atoms with Crippen LogP contribution in [0.1, 0.15) is 0 Å². The fourth-order valence-corrected chi connectivity index (χ4v) is 0.909. The van der Waals surface area contributed by atoms with Gasteiger partial charge < -0.3 is 20.5 Å². The lowest BCUT2D eigenvalue weighted by Crippen LogP contribution is -2.44. The Kier molecular flexibility index (Phi) is 3.13. The van der Waals surface area contributed by atoms with E-state index in [-0.39, 0.29) is 12.6 Å². The summed E-state index contributed by atoms with van der Waals surface area (Å²) in [5.74, 6) is 0. The van der Waals surface area contributed by atoms with Crippen LogP contribution in [0.5, 0.6) is 0 Å². The third kappa shape index (κ3) is 3.20. The van der Waals surface area contributed by atoms with E-state index in [1.54, 1.807) is 0 Å². The van der Waals surface area contributed by atoms with Crippen LogP contribution in [0.25, 0.3) is 0 Å². The van der Waals surface area contributed by atoms with E-state index < -0.39 is 6.09 Å². The molecule has 11 heavy (non-hydrogen) atoms. The minimum absolute atomic E-state index is 0.0937. The highest BCUT2D eigenvalue weighted by atomic mass is 16.5. The van der Waals surface area contributed by atoms with Gasteiger partial charge in [0.1, 0.15) is 6.61 Å². The minimum atomic E-state index is -0.739. The Morgan fingerprint density at radius 1 is 1.82 bits per heavy atom. The summed E-state index contributed by atoms with van der Waals surface area (Å²) in [5.41, 5.74) is 4.78. The number of carbonyl (C=O) groups is 1. The second kappa shape index (κ2) is 4.15. The number of nitrogens with two attached hydrogens (primary N) is 1. The second-order valence-corrected chi connectivity index (χ2v) is 2.36. The Hall–Kier alpha value is -0.810. The van der Waals surface area contributed by atoms with E-state index >= 15 is 0 Å². The Morgan fingerprint density at radius 2 is 2.64 bits per heavy atom. The number of nitrogens with one attached hydrogen (secondary N) is 1. The summed E-state index contributed by atoms with van der Waals surface area (Å²) in [4.78, 5) is 10.2. The molecule has 0 unspecified atom stereocenters. The topological polar surface area (TPSA) is 73.6 Å². The van der Waals surface area contributed by atoms with Gasteiger partial charge in [0, 0.05) is 6.54 Å². The van der Waals surface area contributed by atoms with Crippen molar-refractivity contribution in [3.05, 3.63) is 0 Å². The van der Waals surface area contributed by atoms with Gasteiger partial charge >= 0.3 is 6.09 Å². The van der Waals surface area contributed by atoms with E-state index in [1.165, 1.54) is 0 Å². The predicted molar refractivity (Wildman–Crippen MR) is 38.1 cm³/mol. The largest absolute Gasteiger partial charge is 0.448 e. The number of carbonyl (C=O) groups excluding carboxylic acids is 1. The van der Waals surface area contributed by atoms with Crippen LogP contribution in [0.15, 0.2) is 0 Å². The molecule has 0 aromatic rings. The lowest BCUT2D eigenvalue weighted by Gasteiger charge is -2.22. The number of hydrogen-bond acceptors (Lipinski definition) is 4. The van der Waals surface area contributed by atoms with Crippen molar-refractivity contribution in [2.75, 3.05) is 26.4 Å². The number of amides is 1. The average Bonchev–Trinajstić information content (AvgIpc) is 2.03. The van der Waals surface area contributed by atoms with Crippen LogP contribution in [0.4, 0.5) is 4.79 Å². The Bertz CT molecular complexity index is 134. The first-order valence-corrected chi connectivity index (χ1v) is 3.52. The van der Waals surface area contributed by atoms with Crippen molar-refractivity contribution in [2.45, 2.75) is 6.04 Å². The first kappa shape index (κ1) is 8.29. The van der Waals surface area contributed by atoms with Gasteiger partial charge in [0.05, 0.1) is 19.3 Å². The summed E-state index contributed by atoms with van der Waals surface area (Å²) in [6, 6.07) is 0.0937. The number of rotatable bonds is 2. The monoisotopic (exact) mass is 160 g/mol. The maximum atomic E-state index is 10.2. The average molecular weight is 160 g/mol. The maximum Gasteiger partial charge on any atom is 0.404 e. The normalized spacial score (nSPS) is 24.5. The zero-order valence-electron chi connectivity index (χ0n) is 6.21. The van der Waals surface area contributed by atoms with Gasteiger partial charge in [-0.2, -0.15) is 0 Å². The second-order valence-electron chi connectivity index (χ2n) is 2.36. The molecule has 0 radical (unpaired) electrons. The third-order valence-electron chi connectivity index (χ3n) is 1.43. The summed E-state index contributed by atoms with van der Waals surface area (Å²) < 4.78 is 9.70. The zero-order valence-corrected chi connectivity index (χ0v) is 6.21. The standard InChI is InChI=1S/C6H12N2O3/c7-6(9)11-4-5-3-10-2-1-8-5/h5,8H,1-4H2,(H2,7,9)/t5-/m0/s1. The minimum Gasteiger partial charge on any atom is -0.448 e. The molecule has 0 saturated carbocycles. The zero-order chi connectivity index (χ0) is 8.10. The van der Waals surface area contributed by atoms with Gasteiger partial charge in [-0.15, -0.1) is 0 Å². The lowest BCUT2D eigenvalue weighted by atomic mass is 10.3. The summed E-state index contributed by atoms with van der Waals surface area (Å²) >= 11 is 0. The first-order valence-electron chi connectivity index (χ1n) is 3.52. The van der Waals surface area contributed by atoms with Crippen LogP contribution in [-0.2, 0) is 9.47 Å². The third-order valence-corrected chi connectivity index (χ3v) is 1.43. The summed E-state index contributed by atoms with van der Waals surface area (Å²) in [6.45, 7) is 2.38. The molecule has 1 aliphatic rings. The van der Waals surface area contributed by atoms with E-state index in [9.17, 15) is 4.79 Å². The van der Waals surface area contributed by atoms with Crippen molar-refractivity contribution in [1.82, 2.24) is 5.32 Å². The van der Waals surface area contributed by atoms with Gasteiger partial charge in [-0.25, -0.2) is 4.79 Å². The molecule has 5 heteroatoms. The highest BCUT2D eigenvalue weighted by Crippen LogP contribution is 1.93. The molecule has 3 N–H and O–H groups in total.